The van der Waals surface area contributed by atoms with Crippen LogP contribution in [0.2, 0.25) is 0 Å². The molecule has 1 atom stereocenters. The number of nitrogens with zero attached hydrogens (tertiary/aromatic N) is 4. The zero-order valence-corrected chi connectivity index (χ0v) is 17.3. The highest BCUT2D eigenvalue weighted by atomic mass is 32.2. The second-order valence-electron chi connectivity index (χ2n) is 7.55. The van der Waals surface area contributed by atoms with Crippen molar-refractivity contribution in [3.8, 4) is 0 Å². The molecule has 8 nitrogen and oxygen atoms in total. The monoisotopic (exact) mass is 424 g/mol. The van der Waals surface area contributed by atoms with E-state index in [4.69, 9.17) is 4.42 Å². The first-order chi connectivity index (χ1) is 14.3. The minimum atomic E-state index is -3.79. The maximum Gasteiger partial charge on any atom is 0.419 e. The summed E-state index contributed by atoms with van der Waals surface area (Å²) >= 11 is 0. The summed E-state index contributed by atoms with van der Waals surface area (Å²) in [4.78, 5) is 11.9. The number of hydrogen-bond acceptors (Lipinski definition) is 5. The number of aromatic nitrogens is 3. The molecule has 4 aromatic rings. The van der Waals surface area contributed by atoms with Gasteiger partial charge in [-0.05, 0) is 34.9 Å². The van der Waals surface area contributed by atoms with Crippen molar-refractivity contribution in [3.63, 3.8) is 0 Å². The molecule has 0 aliphatic carbocycles. The molecule has 2 aromatic carbocycles. The summed E-state index contributed by atoms with van der Waals surface area (Å²) in [6.45, 7) is 0.602. The number of sulfonamides is 1. The zero-order chi connectivity index (χ0) is 21.0. The van der Waals surface area contributed by atoms with Gasteiger partial charge < -0.3 is 4.42 Å². The van der Waals surface area contributed by atoms with Crippen molar-refractivity contribution in [2.45, 2.75) is 17.4 Å². The van der Waals surface area contributed by atoms with Crippen LogP contribution in [0.25, 0.3) is 11.1 Å². The minimum Gasteiger partial charge on any atom is -0.408 e. The molecule has 5 rings (SSSR count). The number of rotatable bonds is 3. The van der Waals surface area contributed by atoms with Crippen LogP contribution in [0, 0.1) is 0 Å². The van der Waals surface area contributed by atoms with Gasteiger partial charge in [-0.3, -0.25) is 9.25 Å². The molecule has 1 aliphatic heterocycles. The van der Waals surface area contributed by atoms with Crippen molar-refractivity contribution < 1.29 is 12.8 Å². The van der Waals surface area contributed by atoms with Crippen LogP contribution in [0.4, 0.5) is 0 Å². The van der Waals surface area contributed by atoms with E-state index in [1.54, 1.807) is 17.9 Å². The van der Waals surface area contributed by atoms with Gasteiger partial charge in [-0.2, -0.15) is 9.40 Å². The van der Waals surface area contributed by atoms with Gasteiger partial charge in [-0.15, -0.1) is 0 Å². The Morgan fingerprint density at radius 2 is 1.93 bits per heavy atom. The molecular weight excluding hydrogens is 404 g/mol. The SMILES string of the molecule is Cn1cc([C@H]2CN(S(=O)(=O)c3ccc4oc(=O)n(C)c4c3)Cc3ccccc32)cn1. The predicted molar refractivity (Wildman–Crippen MR) is 111 cm³/mol. The van der Waals surface area contributed by atoms with Crippen molar-refractivity contribution in [2.75, 3.05) is 6.54 Å². The van der Waals surface area contributed by atoms with Gasteiger partial charge in [-0.25, -0.2) is 13.2 Å². The molecule has 0 radical (unpaired) electrons. The van der Waals surface area contributed by atoms with Crippen LogP contribution in [0.3, 0.4) is 0 Å². The first kappa shape index (κ1) is 18.8. The molecule has 0 unspecified atom stereocenters. The molecular formula is C21H20N4O4S. The van der Waals surface area contributed by atoms with Crippen LogP contribution in [0.1, 0.15) is 22.6 Å². The standard InChI is InChI=1S/C21H20N4O4S/c1-23-11-15(10-22-23)18-13-25(12-14-5-3-4-6-17(14)18)30(27,28)16-7-8-20-19(9-16)24(2)21(26)29-20/h3-11,18H,12-13H2,1-2H3/t18-/m1/s1. The number of fused-ring (bicyclic) bond motifs is 2. The second-order valence-corrected chi connectivity index (χ2v) is 9.49. The molecule has 0 saturated carbocycles. The summed E-state index contributed by atoms with van der Waals surface area (Å²) in [7, 11) is -0.389. The summed E-state index contributed by atoms with van der Waals surface area (Å²) in [6.07, 6.45) is 3.70. The maximum atomic E-state index is 13.5. The van der Waals surface area contributed by atoms with Crippen LogP contribution in [0.5, 0.6) is 0 Å². The third-order valence-electron chi connectivity index (χ3n) is 5.69. The average molecular weight is 424 g/mol. The van der Waals surface area contributed by atoms with Crippen molar-refractivity contribution in [3.05, 3.63) is 82.1 Å². The van der Waals surface area contributed by atoms with E-state index in [1.807, 2.05) is 37.5 Å². The van der Waals surface area contributed by atoms with Crippen molar-refractivity contribution >= 4 is 21.1 Å². The smallest absolute Gasteiger partial charge is 0.408 e. The van der Waals surface area contributed by atoms with Gasteiger partial charge in [0, 0.05) is 39.3 Å². The van der Waals surface area contributed by atoms with E-state index in [0.717, 1.165) is 16.7 Å². The Labute approximate surface area is 173 Å². The normalized spacial score (nSPS) is 17.3. The molecule has 0 fully saturated rings. The van der Waals surface area contributed by atoms with Crippen LogP contribution in [-0.2, 0) is 30.7 Å². The van der Waals surface area contributed by atoms with Crippen LogP contribution >= 0.6 is 0 Å². The molecule has 154 valence electrons. The highest BCUT2D eigenvalue weighted by molar-refractivity contribution is 7.89. The highest BCUT2D eigenvalue weighted by Crippen LogP contribution is 2.36. The lowest BCUT2D eigenvalue weighted by atomic mass is 9.87. The van der Waals surface area contributed by atoms with Gasteiger partial charge in [0.15, 0.2) is 5.58 Å². The lowest BCUT2D eigenvalue weighted by Gasteiger charge is -2.33. The van der Waals surface area contributed by atoms with Crippen LogP contribution in [-0.4, -0.2) is 33.6 Å². The van der Waals surface area contributed by atoms with Crippen molar-refractivity contribution in [1.29, 1.82) is 0 Å². The van der Waals surface area contributed by atoms with E-state index >= 15 is 0 Å². The fourth-order valence-electron chi connectivity index (χ4n) is 4.08. The third kappa shape index (κ3) is 2.89. The Morgan fingerprint density at radius 3 is 2.70 bits per heavy atom. The Hall–Kier alpha value is -3.17. The molecule has 1 aliphatic rings. The van der Waals surface area contributed by atoms with Gasteiger partial charge in [-0.1, -0.05) is 24.3 Å². The molecule has 0 saturated heterocycles. The second kappa shape index (κ2) is 6.68. The van der Waals surface area contributed by atoms with E-state index in [2.05, 4.69) is 5.10 Å². The molecule has 0 bridgehead atoms. The Bertz CT molecular complexity index is 1430. The molecule has 2 aromatic heterocycles. The minimum absolute atomic E-state index is 0.111. The first-order valence-corrected chi connectivity index (χ1v) is 10.9. The lowest BCUT2D eigenvalue weighted by molar-refractivity contribution is 0.371. The molecule has 9 heteroatoms. The quantitative estimate of drug-likeness (QED) is 0.503. The first-order valence-electron chi connectivity index (χ1n) is 9.50. The lowest BCUT2D eigenvalue weighted by Crippen LogP contribution is -2.38. The zero-order valence-electron chi connectivity index (χ0n) is 16.5. The summed E-state index contributed by atoms with van der Waals surface area (Å²) in [5.41, 5.74) is 3.86. The average Bonchev–Trinajstić information content (AvgIpc) is 3.30. The number of hydrogen-bond donors (Lipinski definition) is 0. The van der Waals surface area contributed by atoms with E-state index in [1.165, 1.54) is 27.1 Å². The van der Waals surface area contributed by atoms with Gasteiger partial charge in [0.05, 0.1) is 16.6 Å². The number of benzene rings is 2. The van der Waals surface area contributed by atoms with Gasteiger partial charge in [0.25, 0.3) is 0 Å². The largest absolute Gasteiger partial charge is 0.419 e. The van der Waals surface area contributed by atoms with Crippen molar-refractivity contribution in [2.24, 2.45) is 14.1 Å². The predicted octanol–water partition coefficient (Wildman–Crippen LogP) is 2.20. The van der Waals surface area contributed by atoms with E-state index in [-0.39, 0.29) is 17.4 Å². The number of aryl methyl sites for hydroxylation is 2. The molecule has 30 heavy (non-hydrogen) atoms. The fourth-order valence-corrected chi connectivity index (χ4v) is 5.53. The van der Waals surface area contributed by atoms with Crippen LogP contribution in [0.15, 0.2) is 69.0 Å². The van der Waals surface area contributed by atoms with Crippen molar-refractivity contribution in [1.82, 2.24) is 18.7 Å². The fraction of sp³-hybridized carbons (Fsp3) is 0.238. The Morgan fingerprint density at radius 1 is 1.13 bits per heavy atom. The summed E-state index contributed by atoms with van der Waals surface area (Å²) in [6, 6.07) is 12.4. The molecule has 0 N–H and O–H groups in total. The molecule has 0 spiro atoms. The van der Waals surface area contributed by atoms with Gasteiger partial charge >= 0.3 is 5.76 Å². The molecule has 3 heterocycles. The summed E-state index contributed by atoms with van der Waals surface area (Å²) in [5.74, 6) is -0.636. The van der Waals surface area contributed by atoms with E-state index in [0.29, 0.717) is 17.6 Å². The topological polar surface area (TPSA) is 90.3 Å². The third-order valence-corrected chi connectivity index (χ3v) is 7.50. The summed E-state index contributed by atoms with van der Waals surface area (Å²) in [5, 5.41) is 4.26. The summed E-state index contributed by atoms with van der Waals surface area (Å²) < 4.78 is 36.7. The van der Waals surface area contributed by atoms with Gasteiger partial charge in [0.2, 0.25) is 10.0 Å². The van der Waals surface area contributed by atoms with E-state index in [9.17, 15) is 13.2 Å². The maximum absolute atomic E-state index is 13.5. The number of oxazole rings is 1. The van der Waals surface area contributed by atoms with E-state index < -0.39 is 15.8 Å². The van der Waals surface area contributed by atoms with Gasteiger partial charge in [0.1, 0.15) is 0 Å². The van der Waals surface area contributed by atoms with Crippen LogP contribution < -0.4 is 5.76 Å². The molecule has 0 amide bonds. The highest BCUT2D eigenvalue weighted by Gasteiger charge is 2.34. The Balaban J connectivity index is 1.59. The Kier molecular flexibility index (Phi) is 4.19.